The van der Waals surface area contributed by atoms with Crippen molar-refractivity contribution in [2.24, 2.45) is 0 Å². The van der Waals surface area contributed by atoms with Crippen LogP contribution < -0.4 is 18.9 Å². The van der Waals surface area contributed by atoms with Gasteiger partial charge in [-0.1, -0.05) is 37.9 Å². The van der Waals surface area contributed by atoms with Crippen molar-refractivity contribution in [2.75, 3.05) is 0 Å². The first-order chi connectivity index (χ1) is 27.3. The van der Waals surface area contributed by atoms with E-state index >= 15 is 0 Å². The van der Waals surface area contributed by atoms with E-state index in [0.717, 1.165) is 20.1 Å². The Hall–Kier alpha value is -5.40. The van der Waals surface area contributed by atoms with Crippen LogP contribution in [-0.2, 0) is 19.7 Å². The number of halogens is 2. The Balaban J connectivity index is 0.986. The lowest BCUT2D eigenvalue weighted by Gasteiger charge is -2.14. The van der Waals surface area contributed by atoms with E-state index in [4.69, 9.17) is 18.9 Å². The minimum atomic E-state index is -3.81. The minimum absolute atomic E-state index is 0.115. The summed E-state index contributed by atoms with van der Waals surface area (Å²) in [4.78, 5) is 0.498. The molecule has 0 bridgehead atoms. The van der Waals surface area contributed by atoms with Gasteiger partial charge in [-0.05, 0) is 177 Å². The zero-order valence-corrected chi connectivity index (χ0v) is 35.6. The molecule has 0 saturated carbocycles. The molecule has 0 aromatic heterocycles. The Morgan fingerprint density at radius 2 is 0.649 bits per heavy atom. The first kappa shape index (κ1) is 39.8. The summed E-state index contributed by atoms with van der Waals surface area (Å²) in [5.41, 5.74) is 2.57. The first-order valence-corrected chi connectivity index (χ1v) is 22.1. The van der Waals surface area contributed by atoms with Gasteiger partial charge in [0.2, 0.25) is 19.7 Å². The molecule has 0 aliphatic heterocycles. The fourth-order valence-corrected chi connectivity index (χ4v) is 9.27. The number of sulfone groups is 2. The van der Waals surface area contributed by atoms with Crippen molar-refractivity contribution in [3.8, 4) is 46.0 Å². The highest BCUT2D eigenvalue weighted by molar-refractivity contribution is 9.10. The van der Waals surface area contributed by atoms with Gasteiger partial charge in [-0.15, -0.1) is 0 Å². The van der Waals surface area contributed by atoms with Crippen molar-refractivity contribution >= 4 is 51.5 Å². The number of aryl methyl sites for hydroxylation is 2. The number of hydrogen-bond donors (Lipinski definition) is 0. The number of ether oxygens (including phenoxy) is 4. The number of hydrogen-bond acceptors (Lipinski definition) is 8. The second-order valence-electron chi connectivity index (χ2n) is 13.0. The van der Waals surface area contributed by atoms with Gasteiger partial charge in [-0.25, -0.2) is 16.8 Å². The Morgan fingerprint density at radius 3 is 0.930 bits per heavy atom. The molecule has 0 spiro atoms. The minimum Gasteiger partial charge on any atom is -0.457 e. The average Bonchev–Trinajstić information content (AvgIpc) is 3.19. The van der Waals surface area contributed by atoms with Crippen LogP contribution in [-0.4, -0.2) is 16.8 Å². The molecule has 0 aliphatic rings. The molecule has 0 heterocycles. The fraction of sp³-hybridized carbons (Fsp3) is 0.0667. The predicted octanol–water partition coefficient (Wildman–Crippen LogP) is 13.0. The summed E-state index contributed by atoms with van der Waals surface area (Å²) in [6.07, 6.45) is 0. The molecule has 0 aliphatic carbocycles. The van der Waals surface area contributed by atoms with Crippen LogP contribution in [0.1, 0.15) is 16.7 Å². The molecule has 0 saturated heterocycles. The van der Waals surface area contributed by atoms with Crippen molar-refractivity contribution in [3.05, 3.63) is 177 Å². The molecular weight excluding hydrogens is 892 g/mol. The lowest BCUT2D eigenvalue weighted by molar-refractivity contribution is 0.453. The second kappa shape index (κ2) is 16.6. The van der Waals surface area contributed by atoms with Gasteiger partial charge < -0.3 is 18.9 Å². The average molecular weight is 927 g/mol. The number of benzene rings is 7. The van der Waals surface area contributed by atoms with Gasteiger partial charge in [0.05, 0.1) is 19.6 Å². The standard InChI is InChI=1S/C45H34Br2O8S2/c1-29-27-32(46)7-25-42(29)52-34-9-17-38(18-10-34)56(48,49)40-21-13-36(14-22-40)54-44-5-4-6-45(31(44)3)55-37-15-23-41(24-16-37)57(50,51)39-19-11-35(12-20-39)53-43-26-8-33(47)28-30(43)2/h4-28H,1-3H3. The van der Waals surface area contributed by atoms with Crippen LogP contribution in [0.15, 0.2) is 180 Å². The highest BCUT2D eigenvalue weighted by Crippen LogP contribution is 2.36. The monoisotopic (exact) mass is 924 g/mol. The Morgan fingerprint density at radius 1 is 0.368 bits per heavy atom. The molecule has 7 rings (SSSR count). The van der Waals surface area contributed by atoms with Gasteiger partial charge in [0, 0.05) is 14.5 Å². The molecule has 0 atom stereocenters. The predicted molar refractivity (Wildman–Crippen MR) is 226 cm³/mol. The third kappa shape index (κ3) is 9.10. The van der Waals surface area contributed by atoms with Crippen LogP contribution in [0.4, 0.5) is 0 Å². The molecule has 57 heavy (non-hydrogen) atoms. The van der Waals surface area contributed by atoms with Gasteiger partial charge in [0.15, 0.2) is 0 Å². The quantitative estimate of drug-likeness (QED) is 0.119. The van der Waals surface area contributed by atoms with E-state index in [0.29, 0.717) is 51.6 Å². The Labute approximate surface area is 348 Å². The SMILES string of the molecule is Cc1cc(Br)ccc1Oc1ccc(S(=O)(=O)c2ccc(Oc3cccc(Oc4ccc(S(=O)(=O)c5ccc(Oc6ccc(Br)cc6C)cc5)cc4)c3C)cc2)cc1. The summed E-state index contributed by atoms with van der Waals surface area (Å²) in [5.74, 6) is 4.26. The van der Waals surface area contributed by atoms with Crippen molar-refractivity contribution in [1.29, 1.82) is 0 Å². The molecule has 7 aromatic rings. The van der Waals surface area contributed by atoms with Crippen molar-refractivity contribution < 1.29 is 35.8 Å². The number of rotatable bonds is 12. The summed E-state index contributed by atoms with van der Waals surface area (Å²) < 4.78 is 79.8. The lowest BCUT2D eigenvalue weighted by Crippen LogP contribution is -2.02. The van der Waals surface area contributed by atoms with Gasteiger partial charge in [-0.3, -0.25) is 0 Å². The van der Waals surface area contributed by atoms with E-state index in [1.807, 2.05) is 57.2 Å². The van der Waals surface area contributed by atoms with Crippen LogP contribution in [0.2, 0.25) is 0 Å². The summed E-state index contributed by atoms with van der Waals surface area (Å²) >= 11 is 6.88. The molecule has 288 valence electrons. The topological polar surface area (TPSA) is 105 Å². The van der Waals surface area contributed by atoms with Crippen LogP contribution in [0.3, 0.4) is 0 Å². The van der Waals surface area contributed by atoms with Gasteiger partial charge >= 0.3 is 0 Å². The highest BCUT2D eigenvalue weighted by atomic mass is 79.9. The fourth-order valence-electron chi connectivity index (χ4n) is 5.80. The third-order valence-corrected chi connectivity index (χ3v) is 13.5. The van der Waals surface area contributed by atoms with E-state index in [2.05, 4.69) is 31.9 Å². The molecular formula is C45H34Br2O8S2. The van der Waals surface area contributed by atoms with Crippen LogP contribution in [0.5, 0.6) is 46.0 Å². The zero-order chi connectivity index (χ0) is 40.3. The van der Waals surface area contributed by atoms with Crippen LogP contribution in [0, 0.1) is 20.8 Å². The largest absolute Gasteiger partial charge is 0.457 e. The molecule has 0 unspecified atom stereocenters. The zero-order valence-electron chi connectivity index (χ0n) is 30.8. The molecule has 0 radical (unpaired) electrons. The third-order valence-electron chi connectivity index (χ3n) is 8.96. The Kier molecular flexibility index (Phi) is 11.6. The molecule has 0 fully saturated rings. The first-order valence-electron chi connectivity index (χ1n) is 17.5. The molecule has 12 heteroatoms. The summed E-state index contributed by atoms with van der Waals surface area (Å²) in [7, 11) is -7.61. The van der Waals surface area contributed by atoms with Gasteiger partial charge in [0.25, 0.3) is 0 Å². The van der Waals surface area contributed by atoms with Gasteiger partial charge in [-0.2, -0.15) is 0 Å². The maximum Gasteiger partial charge on any atom is 0.206 e. The normalized spacial score (nSPS) is 11.5. The van der Waals surface area contributed by atoms with Crippen LogP contribution >= 0.6 is 31.9 Å². The maximum atomic E-state index is 13.4. The van der Waals surface area contributed by atoms with Crippen molar-refractivity contribution in [1.82, 2.24) is 0 Å². The van der Waals surface area contributed by atoms with E-state index in [1.54, 1.807) is 66.7 Å². The van der Waals surface area contributed by atoms with E-state index in [-0.39, 0.29) is 19.6 Å². The molecule has 8 nitrogen and oxygen atoms in total. The van der Waals surface area contributed by atoms with Crippen molar-refractivity contribution in [3.63, 3.8) is 0 Å². The van der Waals surface area contributed by atoms with Crippen molar-refractivity contribution in [2.45, 2.75) is 40.4 Å². The highest BCUT2D eigenvalue weighted by Gasteiger charge is 2.20. The molecule has 7 aromatic carbocycles. The van der Waals surface area contributed by atoms with E-state index in [9.17, 15) is 16.8 Å². The Bertz CT molecular complexity index is 2600. The van der Waals surface area contributed by atoms with Gasteiger partial charge in [0.1, 0.15) is 46.0 Å². The molecule has 0 N–H and O–H groups in total. The second-order valence-corrected chi connectivity index (χ2v) is 18.7. The summed E-state index contributed by atoms with van der Waals surface area (Å²) in [6, 6.07) is 41.6. The van der Waals surface area contributed by atoms with E-state index in [1.165, 1.54) is 48.5 Å². The lowest BCUT2D eigenvalue weighted by atomic mass is 10.2. The van der Waals surface area contributed by atoms with Crippen LogP contribution in [0.25, 0.3) is 0 Å². The summed E-state index contributed by atoms with van der Waals surface area (Å²) in [5, 5.41) is 0. The maximum absolute atomic E-state index is 13.4. The van der Waals surface area contributed by atoms with E-state index < -0.39 is 19.7 Å². The summed E-state index contributed by atoms with van der Waals surface area (Å²) in [6.45, 7) is 5.70. The molecule has 0 amide bonds. The smallest absolute Gasteiger partial charge is 0.206 e.